The van der Waals surface area contributed by atoms with E-state index in [4.69, 9.17) is 0 Å². The molecular weight excluding hydrogens is 354 g/mol. The number of hydrogen-bond acceptors (Lipinski definition) is 6. The second kappa shape index (κ2) is 6.74. The molecule has 0 spiro atoms. The van der Waals surface area contributed by atoms with Gasteiger partial charge in [0.05, 0.1) is 0 Å². The van der Waals surface area contributed by atoms with Crippen molar-refractivity contribution >= 4 is 38.0 Å². The number of anilines is 1. The molecule has 8 heteroatoms. The second-order valence-electron chi connectivity index (χ2n) is 5.72. The van der Waals surface area contributed by atoms with E-state index in [0.717, 1.165) is 11.1 Å². The van der Waals surface area contributed by atoms with Crippen LogP contribution in [-0.2, 0) is 10.1 Å². The molecule has 0 aliphatic rings. The Morgan fingerprint density at radius 2 is 1.77 bits per heavy atom. The third-order valence-corrected chi connectivity index (χ3v) is 4.87. The number of phenols is 1. The molecule has 0 aromatic heterocycles. The van der Waals surface area contributed by atoms with Crippen LogP contribution in [0.1, 0.15) is 5.56 Å². The SMILES string of the molecule is CNc1ccc2c(O)c(N=Nc3ccccc3S(=O)(=O)O)c(C)cc2c1. The zero-order valence-electron chi connectivity index (χ0n) is 14.1. The lowest BCUT2D eigenvalue weighted by atomic mass is 10.0. The van der Waals surface area contributed by atoms with Gasteiger partial charge in [-0.2, -0.15) is 8.42 Å². The highest BCUT2D eigenvalue weighted by Crippen LogP contribution is 2.40. The number of aromatic hydroxyl groups is 1. The summed E-state index contributed by atoms with van der Waals surface area (Å²) in [5, 5.41) is 23.0. The zero-order chi connectivity index (χ0) is 18.9. The van der Waals surface area contributed by atoms with Gasteiger partial charge in [-0.1, -0.05) is 12.1 Å². The summed E-state index contributed by atoms with van der Waals surface area (Å²) in [4.78, 5) is -0.347. The van der Waals surface area contributed by atoms with Gasteiger partial charge in [0.25, 0.3) is 10.1 Å². The Hall–Kier alpha value is -2.97. The van der Waals surface area contributed by atoms with E-state index in [-0.39, 0.29) is 22.0 Å². The zero-order valence-corrected chi connectivity index (χ0v) is 14.9. The number of azo groups is 1. The molecule has 0 heterocycles. The Bertz CT molecular complexity index is 1120. The summed E-state index contributed by atoms with van der Waals surface area (Å²) in [5.74, 6) is -0.0456. The maximum Gasteiger partial charge on any atom is 0.296 e. The van der Waals surface area contributed by atoms with Gasteiger partial charge in [-0.05, 0) is 54.3 Å². The molecule has 0 amide bonds. The van der Waals surface area contributed by atoms with Gasteiger partial charge >= 0.3 is 0 Å². The van der Waals surface area contributed by atoms with Crippen LogP contribution in [0.2, 0.25) is 0 Å². The van der Waals surface area contributed by atoms with Crippen molar-refractivity contribution < 1.29 is 18.1 Å². The summed E-state index contributed by atoms with van der Waals surface area (Å²) < 4.78 is 32.1. The van der Waals surface area contributed by atoms with Gasteiger partial charge in [0.1, 0.15) is 16.3 Å². The van der Waals surface area contributed by atoms with Crippen molar-refractivity contribution in [2.24, 2.45) is 10.2 Å². The molecule has 0 atom stereocenters. The number of phenolic OH excluding ortho intramolecular Hbond substituents is 1. The summed E-state index contributed by atoms with van der Waals surface area (Å²) in [7, 11) is -2.62. The summed E-state index contributed by atoms with van der Waals surface area (Å²) in [5.41, 5.74) is 1.81. The minimum atomic E-state index is -4.42. The molecule has 0 aliphatic carbocycles. The van der Waals surface area contributed by atoms with Gasteiger partial charge in [-0.3, -0.25) is 4.55 Å². The molecule has 0 saturated carbocycles. The minimum Gasteiger partial charge on any atom is -0.505 e. The second-order valence-corrected chi connectivity index (χ2v) is 7.11. The molecule has 3 aromatic carbocycles. The number of rotatable bonds is 4. The van der Waals surface area contributed by atoms with E-state index < -0.39 is 10.1 Å². The molecule has 134 valence electrons. The van der Waals surface area contributed by atoms with E-state index >= 15 is 0 Å². The number of nitrogens with one attached hydrogen (secondary N) is 1. The van der Waals surface area contributed by atoms with Gasteiger partial charge in [0, 0.05) is 18.1 Å². The van der Waals surface area contributed by atoms with Crippen molar-refractivity contribution in [1.29, 1.82) is 0 Å². The van der Waals surface area contributed by atoms with E-state index in [2.05, 4.69) is 15.5 Å². The van der Waals surface area contributed by atoms with Gasteiger partial charge in [-0.25, -0.2) is 0 Å². The fourth-order valence-electron chi connectivity index (χ4n) is 2.66. The van der Waals surface area contributed by atoms with Crippen molar-refractivity contribution in [3.8, 4) is 5.75 Å². The average Bonchev–Trinajstić information content (AvgIpc) is 2.60. The van der Waals surface area contributed by atoms with Crippen molar-refractivity contribution in [1.82, 2.24) is 0 Å². The Morgan fingerprint density at radius 3 is 2.46 bits per heavy atom. The lowest BCUT2D eigenvalue weighted by molar-refractivity contribution is 0.482. The first-order chi connectivity index (χ1) is 12.3. The number of aryl methyl sites for hydroxylation is 1. The van der Waals surface area contributed by atoms with E-state index in [1.54, 1.807) is 19.1 Å². The first kappa shape index (κ1) is 17.8. The van der Waals surface area contributed by atoms with Crippen molar-refractivity contribution in [3.63, 3.8) is 0 Å². The van der Waals surface area contributed by atoms with E-state index in [1.165, 1.54) is 18.2 Å². The van der Waals surface area contributed by atoms with E-state index in [9.17, 15) is 18.1 Å². The summed E-state index contributed by atoms with van der Waals surface area (Å²) >= 11 is 0. The molecule has 3 N–H and O–H groups in total. The predicted molar refractivity (Wildman–Crippen MR) is 100 cm³/mol. The topological polar surface area (TPSA) is 111 Å². The average molecular weight is 371 g/mol. The molecule has 0 saturated heterocycles. The van der Waals surface area contributed by atoms with E-state index in [0.29, 0.717) is 10.9 Å². The molecule has 3 aromatic rings. The lowest BCUT2D eigenvalue weighted by Gasteiger charge is -2.09. The van der Waals surface area contributed by atoms with Crippen LogP contribution >= 0.6 is 0 Å². The highest BCUT2D eigenvalue weighted by molar-refractivity contribution is 7.86. The normalized spacial score (nSPS) is 12.0. The Morgan fingerprint density at radius 1 is 1.04 bits per heavy atom. The molecular formula is C18H17N3O4S. The van der Waals surface area contributed by atoms with Gasteiger partial charge < -0.3 is 10.4 Å². The first-order valence-electron chi connectivity index (χ1n) is 7.73. The molecule has 26 heavy (non-hydrogen) atoms. The smallest absolute Gasteiger partial charge is 0.296 e. The van der Waals surface area contributed by atoms with Crippen LogP contribution in [0.25, 0.3) is 10.8 Å². The Kier molecular flexibility index (Phi) is 4.62. The lowest BCUT2D eigenvalue weighted by Crippen LogP contribution is -1.97. The van der Waals surface area contributed by atoms with Crippen LogP contribution in [0, 0.1) is 6.92 Å². The van der Waals surface area contributed by atoms with Crippen LogP contribution in [0.3, 0.4) is 0 Å². The summed E-state index contributed by atoms with van der Waals surface area (Å²) in [6.07, 6.45) is 0. The van der Waals surface area contributed by atoms with Gasteiger partial charge in [-0.15, -0.1) is 10.2 Å². The molecule has 0 bridgehead atoms. The first-order valence-corrected chi connectivity index (χ1v) is 9.17. The summed E-state index contributed by atoms with van der Waals surface area (Å²) in [6, 6.07) is 13.0. The summed E-state index contributed by atoms with van der Waals surface area (Å²) in [6.45, 7) is 1.77. The molecule has 3 rings (SSSR count). The molecule has 7 nitrogen and oxygen atoms in total. The highest BCUT2D eigenvalue weighted by atomic mass is 32.2. The van der Waals surface area contributed by atoms with Crippen LogP contribution < -0.4 is 5.32 Å². The number of benzene rings is 3. The third-order valence-electron chi connectivity index (χ3n) is 3.97. The van der Waals surface area contributed by atoms with E-state index in [1.807, 2.05) is 25.2 Å². The van der Waals surface area contributed by atoms with Gasteiger partial charge in [0.2, 0.25) is 0 Å². The maximum atomic E-state index is 11.4. The number of nitrogens with zero attached hydrogens (tertiary/aromatic N) is 2. The number of hydrogen-bond donors (Lipinski definition) is 3. The highest BCUT2D eigenvalue weighted by Gasteiger charge is 2.15. The fourth-order valence-corrected chi connectivity index (χ4v) is 3.28. The molecule has 0 fully saturated rings. The largest absolute Gasteiger partial charge is 0.505 e. The Labute approximate surface area is 150 Å². The van der Waals surface area contributed by atoms with Crippen molar-refractivity contribution in [3.05, 3.63) is 54.1 Å². The van der Waals surface area contributed by atoms with Crippen molar-refractivity contribution in [2.45, 2.75) is 11.8 Å². The minimum absolute atomic E-state index is 0.0144. The molecule has 0 radical (unpaired) electrons. The predicted octanol–water partition coefficient (Wildman–Crippen LogP) is 4.56. The Balaban J connectivity index is 2.12. The van der Waals surface area contributed by atoms with Crippen LogP contribution in [0.4, 0.5) is 17.1 Å². The third kappa shape index (κ3) is 3.37. The number of fused-ring (bicyclic) bond motifs is 1. The maximum absolute atomic E-state index is 11.4. The fraction of sp³-hybridized carbons (Fsp3) is 0.111. The van der Waals surface area contributed by atoms with Crippen LogP contribution in [-0.4, -0.2) is 25.1 Å². The quantitative estimate of drug-likeness (QED) is 0.460. The van der Waals surface area contributed by atoms with Crippen LogP contribution in [0.15, 0.2) is 63.7 Å². The molecule has 0 unspecified atom stereocenters. The van der Waals surface area contributed by atoms with Gasteiger partial charge in [0.15, 0.2) is 5.75 Å². The molecule has 0 aliphatic heterocycles. The monoisotopic (exact) mass is 371 g/mol. The standard InChI is InChI=1S/C18H17N3O4S/c1-11-9-12-10-13(19-2)7-8-14(12)18(22)17(11)21-20-15-5-3-4-6-16(15)26(23,24)25/h3-10,19,22H,1-2H3,(H,23,24,25). The van der Waals surface area contributed by atoms with Crippen LogP contribution in [0.5, 0.6) is 5.75 Å². The van der Waals surface area contributed by atoms with Crippen molar-refractivity contribution in [2.75, 3.05) is 12.4 Å².